The first kappa shape index (κ1) is 24.4. The highest BCUT2D eigenvalue weighted by molar-refractivity contribution is 9.10. The first-order valence-corrected chi connectivity index (χ1v) is 10.6. The third-order valence-electron chi connectivity index (χ3n) is 4.36. The molecule has 0 aliphatic carbocycles. The van der Waals surface area contributed by atoms with E-state index in [9.17, 15) is 19.7 Å². The Morgan fingerprint density at radius 1 is 1.12 bits per heavy atom. The van der Waals surface area contributed by atoms with E-state index in [2.05, 4.69) is 31.8 Å². The van der Waals surface area contributed by atoms with E-state index in [4.69, 9.17) is 9.47 Å². The molecule has 3 aromatic rings. The van der Waals surface area contributed by atoms with Crippen LogP contribution in [0.25, 0.3) is 0 Å². The number of methoxy groups -OCH3 is 1. The lowest BCUT2D eigenvalue weighted by Gasteiger charge is -2.13. The molecule has 34 heavy (non-hydrogen) atoms. The molecule has 3 rings (SSSR count). The van der Waals surface area contributed by atoms with Gasteiger partial charge in [0, 0.05) is 23.4 Å². The molecule has 0 saturated heterocycles. The van der Waals surface area contributed by atoms with Gasteiger partial charge in [0.1, 0.15) is 0 Å². The Morgan fingerprint density at radius 3 is 2.59 bits per heavy atom. The van der Waals surface area contributed by atoms with E-state index < -0.39 is 10.8 Å². The monoisotopic (exact) mass is 526 g/mol. The van der Waals surface area contributed by atoms with Crippen LogP contribution in [0.3, 0.4) is 0 Å². The maximum Gasteiger partial charge on any atom is 0.271 e. The molecular formula is C23H19BrN4O6. The van der Waals surface area contributed by atoms with Crippen molar-refractivity contribution in [3.63, 3.8) is 0 Å². The number of carbonyl (C=O) groups is 2. The number of amides is 2. The number of hydrazone groups is 1. The summed E-state index contributed by atoms with van der Waals surface area (Å²) in [5.41, 5.74) is 3.43. The van der Waals surface area contributed by atoms with E-state index >= 15 is 0 Å². The molecule has 174 valence electrons. The van der Waals surface area contributed by atoms with Crippen molar-refractivity contribution in [3.05, 3.63) is 92.4 Å². The number of nitrogens with one attached hydrogen (secondary N) is 2. The lowest BCUT2D eigenvalue weighted by atomic mass is 10.2. The Hall–Kier alpha value is -4.25. The van der Waals surface area contributed by atoms with Gasteiger partial charge < -0.3 is 14.8 Å². The van der Waals surface area contributed by atoms with Gasteiger partial charge in [-0.2, -0.15) is 5.10 Å². The fraction of sp³-hybridized carbons (Fsp3) is 0.0870. The third-order valence-corrected chi connectivity index (χ3v) is 4.94. The number of hydrogen-bond acceptors (Lipinski definition) is 7. The molecule has 0 heterocycles. The number of halogens is 1. The standard InChI is InChI=1S/C23H19BrN4O6/c1-33-20-11-15(13-25-27-23(30)16-6-5-9-18(12-16)28(31)32)10-19(24)22(20)34-14-21(29)26-17-7-3-2-4-8-17/h2-13H,14H2,1H3,(H,26,29)(H,27,30)/b25-13+. The summed E-state index contributed by atoms with van der Waals surface area (Å²) in [4.78, 5) is 34.6. The topological polar surface area (TPSA) is 132 Å². The second-order valence-electron chi connectivity index (χ2n) is 6.74. The normalized spacial score (nSPS) is 10.5. The zero-order chi connectivity index (χ0) is 24.5. The number of rotatable bonds is 9. The van der Waals surface area contributed by atoms with Gasteiger partial charge in [0.25, 0.3) is 17.5 Å². The van der Waals surface area contributed by atoms with Crippen molar-refractivity contribution in [3.8, 4) is 11.5 Å². The lowest BCUT2D eigenvalue weighted by molar-refractivity contribution is -0.384. The van der Waals surface area contributed by atoms with E-state index in [1.807, 2.05) is 18.2 Å². The van der Waals surface area contributed by atoms with Gasteiger partial charge in [-0.3, -0.25) is 19.7 Å². The van der Waals surface area contributed by atoms with Crippen molar-refractivity contribution in [2.24, 2.45) is 5.10 Å². The molecule has 0 bridgehead atoms. The number of para-hydroxylation sites is 1. The molecule has 0 unspecified atom stereocenters. The minimum absolute atomic E-state index is 0.0997. The maximum atomic E-state index is 12.2. The van der Waals surface area contributed by atoms with Crippen molar-refractivity contribution in [1.29, 1.82) is 0 Å². The van der Waals surface area contributed by atoms with Crippen molar-refractivity contribution in [2.45, 2.75) is 0 Å². The Bertz CT molecular complexity index is 1230. The fourth-order valence-electron chi connectivity index (χ4n) is 2.80. The SMILES string of the molecule is COc1cc(/C=N/NC(=O)c2cccc([N+](=O)[O-])c2)cc(Br)c1OCC(=O)Nc1ccccc1. The summed E-state index contributed by atoms with van der Waals surface area (Å²) in [6.45, 7) is -0.240. The van der Waals surface area contributed by atoms with Crippen LogP contribution < -0.4 is 20.2 Å². The summed E-state index contributed by atoms with van der Waals surface area (Å²) < 4.78 is 11.5. The van der Waals surface area contributed by atoms with Crippen LogP contribution >= 0.6 is 15.9 Å². The molecule has 0 fully saturated rings. The van der Waals surface area contributed by atoms with E-state index in [0.717, 1.165) is 6.07 Å². The first-order chi connectivity index (χ1) is 16.4. The van der Waals surface area contributed by atoms with E-state index in [1.165, 1.54) is 31.5 Å². The van der Waals surface area contributed by atoms with E-state index in [0.29, 0.717) is 27.2 Å². The lowest BCUT2D eigenvalue weighted by Crippen LogP contribution is -2.20. The van der Waals surface area contributed by atoms with Gasteiger partial charge in [-0.25, -0.2) is 5.43 Å². The van der Waals surface area contributed by atoms with E-state index in [-0.39, 0.29) is 23.8 Å². The van der Waals surface area contributed by atoms with Gasteiger partial charge in [0.2, 0.25) is 0 Å². The maximum absolute atomic E-state index is 12.2. The number of anilines is 1. The Balaban J connectivity index is 1.64. The average Bonchev–Trinajstić information content (AvgIpc) is 2.83. The molecule has 0 aromatic heterocycles. The number of nitro benzene ring substituents is 1. The van der Waals surface area contributed by atoms with E-state index in [1.54, 1.807) is 24.3 Å². The molecule has 0 aliphatic heterocycles. The number of ether oxygens (including phenoxy) is 2. The molecule has 11 heteroatoms. The summed E-state index contributed by atoms with van der Waals surface area (Å²) >= 11 is 3.39. The predicted octanol–water partition coefficient (Wildman–Crippen LogP) is 4.15. The van der Waals surface area contributed by atoms with Crippen LogP contribution in [0.1, 0.15) is 15.9 Å². The van der Waals surface area contributed by atoms with Crippen LogP contribution in [0.15, 0.2) is 76.3 Å². The number of non-ortho nitro benzene ring substituents is 1. The first-order valence-electron chi connectivity index (χ1n) is 9.80. The van der Waals surface area contributed by atoms with Crippen molar-refractivity contribution >= 4 is 45.3 Å². The molecular weight excluding hydrogens is 508 g/mol. The minimum atomic E-state index is -0.602. The molecule has 3 aromatic carbocycles. The second kappa shape index (κ2) is 11.6. The Kier molecular flexibility index (Phi) is 8.30. The minimum Gasteiger partial charge on any atom is -0.493 e. The second-order valence-corrected chi connectivity index (χ2v) is 7.60. The van der Waals surface area contributed by atoms with Crippen LogP contribution in [0, 0.1) is 10.1 Å². The van der Waals surface area contributed by atoms with Gasteiger partial charge >= 0.3 is 0 Å². The largest absolute Gasteiger partial charge is 0.493 e. The summed E-state index contributed by atoms with van der Waals surface area (Å²) in [5.74, 6) is -0.276. The molecule has 0 spiro atoms. The van der Waals surface area contributed by atoms with Crippen LogP contribution in [0.2, 0.25) is 0 Å². The van der Waals surface area contributed by atoms with Crippen molar-refractivity contribution < 1.29 is 24.0 Å². The van der Waals surface area contributed by atoms with Gasteiger partial charge in [0.05, 0.1) is 22.7 Å². The number of hydrogen-bond donors (Lipinski definition) is 2. The quantitative estimate of drug-likeness (QED) is 0.244. The smallest absolute Gasteiger partial charge is 0.271 e. The molecule has 0 saturated carbocycles. The molecule has 2 N–H and O–H groups in total. The Morgan fingerprint density at radius 2 is 1.88 bits per heavy atom. The van der Waals surface area contributed by atoms with Crippen molar-refractivity contribution in [1.82, 2.24) is 5.43 Å². The average molecular weight is 527 g/mol. The van der Waals surface area contributed by atoms with Crippen molar-refractivity contribution in [2.75, 3.05) is 19.0 Å². The number of benzene rings is 3. The Labute approximate surface area is 202 Å². The summed E-state index contributed by atoms with van der Waals surface area (Å²) in [7, 11) is 1.45. The molecule has 0 aliphatic rings. The zero-order valence-electron chi connectivity index (χ0n) is 17.9. The number of nitrogens with zero attached hydrogens (tertiary/aromatic N) is 2. The summed E-state index contributed by atoms with van der Waals surface area (Å²) in [6, 6.07) is 17.6. The molecule has 0 radical (unpaired) electrons. The fourth-order valence-corrected chi connectivity index (χ4v) is 3.38. The van der Waals surface area contributed by atoms with Gasteiger partial charge in [-0.15, -0.1) is 0 Å². The molecule has 10 nitrogen and oxygen atoms in total. The predicted molar refractivity (Wildman–Crippen MR) is 129 cm³/mol. The summed E-state index contributed by atoms with van der Waals surface area (Å²) in [6.07, 6.45) is 1.37. The number of carbonyl (C=O) groups excluding carboxylic acids is 2. The zero-order valence-corrected chi connectivity index (χ0v) is 19.4. The third kappa shape index (κ3) is 6.62. The van der Waals surface area contributed by atoms with Crippen LogP contribution in [0.5, 0.6) is 11.5 Å². The van der Waals surface area contributed by atoms with Gasteiger partial charge in [-0.1, -0.05) is 24.3 Å². The van der Waals surface area contributed by atoms with Gasteiger partial charge in [-0.05, 0) is 51.8 Å². The van der Waals surface area contributed by atoms with Crippen LogP contribution in [0.4, 0.5) is 11.4 Å². The number of nitro groups is 1. The molecule has 2 amide bonds. The van der Waals surface area contributed by atoms with Crippen LogP contribution in [-0.4, -0.2) is 36.7 Å². The highest BCUT2D eigenvalue weighted by Gasteiger charge is 2.14. The van der Waals surface area contributed by atoms with Gasteiger partial charge in [0.15, 0.2) is 18.1 Å². The van der Waals surface area contributed by atoms with Crippen LogP contribution in [-0.2, 0) is 4.79 Å². The summed E-state index contributed by atoms with van der Waals surface area (Å²) in [5, 5.41) is 17.5. The molecule has 0 atom stereocenters. The highest BCUT2D eigenvalue weighted by atomic mass is 79.9. The highest BCUT2D eigenvalue weighted by Crippen LogP contribution is 2.36.